The summed E-state index contributed by atoms with van der Waals surface area (Å²) < 4.78 is 16.2. The smallest absolute Gasteiger partial charge is 0.160 e. The SMILES string of the molecule is CCOC1CC(CC(N)Cc2ccc(OC)c(OC)c2)C1. The van der Waals surface area contributed by atoms with Crippen molar-refractivity contribution < 1.29 is 14.2 Å². The molecular weight excluding hydrogens is 266 g/mol. The van der Waals surface area contributed by atoms with Gasteiger partial charge in [-0.25, -0.2) is 0 Å². The van der Waals surface area contributed by atoms with Crippen molar-refractivity contribution in [1.29, 1.82) is 0 Å². The van der Waals surface area contributed by atoms with Gasteiger partial charge in [0, 0.05) is 12.6 Å². The third kappa shape index (κ3) is 4.35. The summed E-state index contributed by atoms with van der Waals surface area (Å²) in [4.78, 5) is 0. The molecular formula is C17H27NO3. The molecule has 0 bridgehead atoms. The van der Waals surface area contributed by atoms with Gasteiger partial charge in [0.15, 0.2) is 11.5 Å². The first-order valence-corrected chi connectivity index (χ1v) is 7.74. The summed E-state index contributed by atoms with van der Waals surface area (Å²) in [6, 6.07) is 6.21. The second-order valence-corrected chi connectivity index (χ2v) is 5.80. The van der Waals surface area contributed by atoms with Crippen LogP contribution in [0.1, 0.15) is 31.7 Å². The van der Waals surface area contributed by atoms with E-state index in [1.54, 1.807) is 14.2 Å². The highest BCUT2D eigenvalue weighted by Gasteiger charge is 2.30. The van der Waals surface area contributed by atoms with E-state index in [1.165, 1.54) is 5.56 Å². The first kappa shape index (κ1) is 16.1. The van der Waals surface area contributed by atoms with E-state index < -0.39 is 0 Å². The van der Waals surface area contributed by atoms with Gasteiger partial charge in [-0.1, -0.05) is 6.07 Å². The van der Waals surface area contributed by atoms with Gasteiger partial charge in [0.25, 0.3) is 0 Å². The lowest BCUT2D eigenvalue weighted by atomic mass is 9.77. The molecule has 1 saturated carbocycles. The van der Waals surface area contributed by atoms with Gasteiger partial charge in [-0.2, -0.15) is 0 Å². The van der Waals surface area contributed by atoms with Crippen molar-refractivity contribution in [1.82, 2.24) is 0 Å². The van der Waals surface area contributed by atoms with E-state index in [9.17, 15) is 0 Å². The fraction of sp³-hybridized carbons (Fsp3) is 0.647. The Kier molecular flexibility index (Phi) is 5.88. The molecule has 1 unspecified atom stereocenters. The lowest BCUT2D eigenvalue weighted by Gasteiger charge is -2.36. The molecule has 0 amide bonds. The fourth-order valence-electron chi connectivity index (χ4n) is 3.06. The summed E-state index contributed by atoms with van der Waals surface area (Å²) in [5.74, 6) is 2.24. The Labute approximate surface area is 127 Å². The van der Waals surface area contributed by atoms with E-state index in [1.807, 2.05) is 12.1 Å². The molecule has 21 heavy (non-hydrogen) atoms. The van der Waals surface area contributed by atoms with Crippen LogP contribution in [0, 0.1) is 5.92 Å². The molecule has 1 aromatic rings. The molecule has 1 aromatic carbocycles. The highest BCUT2D eigenvalue weighted by atomic mass is 16.5. The van der Waals surface area contributed by atoms with Crippen LogP contribution in [0.3, 0.4) is 0 Å². The summed E-state index contributed by atoms with van der Waals surface area (Å²) in [5.41, 5.74) is 7.48. The average molecular weight is 293 g/mol. The number of hydrogen-bond donors (Lipinski definition) is 1. The Morgan fingerprint density at radius 3 is 2.52 bits per heavy atom. The monoisotopic (exact) mass is 293 g/mol. The zero-order chi connectivity index (χ0) is 15.2. The molecule has 0 aromatic heterocycles. The maximum atomic E-state index is 6.28. The Morgan fingerprint density at radius 2 is 1.90 bits per heavy atom. The van der Waals surface area contributed by atoms with Crippen molar-refractivity contribution in [3.63, 3.8) is 0 Å². The molecule has 1 aliphatic carbocycles. The molecule has 0 heterocycles. The molecule has 1 atom stereocenters. The topological polar surface area (TPSA) is 53.7 Å². The van der Waals surface area contributed by atoms with Gasteiger partial charge in [-0.05, 0) is 56.2 Å². The number of nitrogens with two attached hydrogens (primary N) is 1. The van der Waals surface area contributed by atoms with E-state index in [2.05, 4.69) is 13.0 Å². The van der Waals surface area contributed by atoms with E-state index in [4.69, 9.17) is 19.9 Å². The number of ether oxygens (including phenoxy) is 3. The zero-order valence-electron chi connectivity index (χ0n) is 13.3. The molecule has 1 aliphatic rings. The summed E-state index contributed by atoms with van der Waals surface area (Å²) >= 11 is 0. The third-order valence-corrected chi connectivity index (χ3v) is 4.18. The predicted molar refractivity (Wildman–Crippen MR) is 84.0 cm³/mol. The lowest BCUT2D eigenvalue weighted by molar-refractivity contribution is -0.0280. The van der Waals surface area contributed by atoms with Crippen LogP contribution in [0.2, 0.25) is 0 Å². The quantitative estimate of drug-likeness (QED) is 0.801. The zero-order valence-corrected chi connectivity index (χ0v) is 13.3. The number of hydrogen-bond acceptors (Lipinski definition) is 4. The first-order valence-electron chi connectivity index (χ1n) is 7.74. The minimum absolute atomic E-state index is 0.190. The Balaban J connectivity index is 1.81. The number of benzene rings is 1. The standard InChI is InChI=1S/C17H27NO3/c1-4-21-15-9-13(10-15)8-14(18)7-12-5-6-16(19-2)17(11-12)20-3/h5-6,11,13-15H,4,7-10,18H2,1-3H3. The van der Waals surface area contributed by atoms with Crippen LogP contribution in [0.4, 0.5) is 0 Å². The largest absolute Gasteiger partial charge is 0.493 e. The highest BCUT2D eigenvalue weighted by Crippen LogP contribution is 2.34. The summed E-state index contributed by atoms with van der Waals surface area (Å²) in [7, 11) is 3.30. The molecule has 0 spiro atoms. The third-order valence-electron chi connectivity index (χ3n) is 4.18. The van der Waals surface area contributed by atoms with E-state index in [0.29, 0.717) is 6.10 Å². The van der Waals surface area contributed by atoms with Gasteiger partial charge >= 0.3 is 0 Å². The summed E-state index contributed by atoms with van der Waals surface area (Å²) in [6.07, 6.45) is 4.72. The van der Waals surface area contributed by atoms with Gasteiger partial charge < -0.3 is 19.9 Å². The Morgan fingerprint density at radius 1 is 1.19 bits per heavy atom. The number of rotatable bonds is 8. The van der Waals surface area contributed by atoms with Gasteiger partial charge in [-0.15, -0.1) is 0 Å². The maximum Gasteiger partial charge on any atom is 0.160 e. The normalized spacial score (nSPS) is 22.5. The molecule has 118 valence electrons. The minimum atomic E-state index is 0.190. The molecule has 0 radical (unpaired) electrons. The van der Waals surface area contributed by atoms with E-state index in [-0.39, 0.29) is 6.04 Å². The number of methoxy groups -OCH3 is 2. The molecule has 4 nitrogen and oxygen atoms in total. The van der Waals surface area contributed by atoms with Gasteiger partial charge in [0.05, 0.1) is 20.3 Å². The van der Waals surface area contributed by atoms with Crippen molar-refractivity contribution in [2.24, 2.45) is 11.7 Å². The summed E-state index contributed by atoms with van der Waals surface area (Å²) in [5, 5.41) is 0. The van der Waals surface area contributed by atoms with E-state index in [0.717, 1.165) is 49.7 Å². The van der Waals surface area contributed by atoms with Crippen LogP contribution >= 0.6 is 0 Å². The molecule has 4 heteroatoms. The predicted octanol–water partition coefficient (Wildman–Crippen LogP) is 2.78. The van der Waals surface area contributed by atoms with Crippen LogP contribution in [-0.4, -0.2) is 33.0 Å². The molecule has 2 rings (SSSR count). The van der Waals surface area contributed by atoms with E-state index >= 15 is 0 Å². The highest BCUT2D eigenvalue weighted by molar-refractivity contribution is 5.43. The van der Waals surface area contributed by atoms with Crippen molar-refractivity contribution in [3.8, 4) is 11.5 Å². The van der Waals surface area contributed by atoms with Crippen LogP contribution in [-0.2, 0) is 11.2 Å². The van der Waals surface area contributed by atoms with Crippen molar-refractivity contribution in [3.05, 3.63) is 23.8 Å². The maximum absolute atomic E-state index is 6.28. The second-order valence-electron chi connectivity index (χ2n) is 5.80. The van der Waals surface area contributed by atoms with Crippen LogP contribution < -0.4 is 15.2 Å². The molecule has 0 aliphatic heterocycles. The lowest BCUT2D eigenvalue weighted by Crippen LogP contribution is -2.36. The molecule has 0 saturated heterocycles. The van der Waals surface area contributed by atoms with Crippen molar-refractivity contribution in [2.45, 2.75) is 44.8 Å². The van der Waals surface area contributed by atoms with Crippen LogP contribution in [0.25, 0.3) is 0 Å². The Hall–Kier alpha value is -1.26. The fourth-order valence-corrected chi connectivity index (χ4v) is 3.06. The van der Waals surface area contributed by atoms with Gasteiger partial charge in [0.2, 0.25) is 0 Å². The minimum Gasteiger partial charge on any atom is -0.493 e. The Bertz CT molecular complexity index is 444. The van der Waals surface area contributed by atoms with Crippen LogP contribution in [0.5, 0.6) is 11.5 Å². The summed E-state index contributed by atoms with van der Waals surface area (Å²) in [6.45, 7) is 2.87. The van der Waals surface area contributed by atoms with Gasteiger partial charge in [-0.3, -0.25) is 0 Å². The first-order chi connectivity index (χ1) is 10.2. The van der Waals surface area contributed by atoms with Crippen molar-refractivity contribution in [2.75, 3.05) is 20.8 Å². The second kappa shape index (κ2) is 7.66. The van der Waals surface area contributed by atoms with Crippen molar-refractivity contribution >= 4 is 0 Å². The van der Waals surface area contributed by atoms with Crippen LogP contribution in [0.15, 0.2) is 18.2 Å². The average Bonchev–Trinajstić information content (AvgIpc) is 2.45. The molecule has 2 N–H and O–H groups in total. The molecule has 1 fully saturated rings. The van der Waals surface area contributed by atoms with Gasteiger partial charge in [0.1, 0.15) is 0 Å².